The smallest absolute Gasteiger partial charge is 0.229 e. The van der Waals surface area contributed by atoms with Crippen LogP contribution < -0.4 is 9.80 Å². The van der Waals surface area contributed by atoms with Gasteiger partial charge in [-0.3, -0.25) is 4.79 Å². The molecule has 2 aliphatic rings. The number of hydrogen-bond acceptors (Lipinski definition) is 8. The number of hydrogen-bond donors (Lipinski definition) is 0. The molecule has 10 heteroatoms. The van der Waals surface area contributed by atoms with Crippen molar-refractivity contribution in [3.8, 4) is 0 Å². The summed E-state index contributed by atoms with van der Waals surface area (Å²) >= 11 is 0. The fourth-order valence-corrected chi connectivity index (χ4v) is 3.99. The minimum Gasteiger partial charge on any atom is -0.353 e. The molecular weight excluding hydrogens is 370 g/mol. The number of amides is 1. The maximum Gasteiger partial charge on any atom is 0.229 e. The van der Waals surface area contributed by atoms with Crippen molar-refractivity contribution in [2.24, 2.45) is 5.92 Å². The molecule has 0 aliphatic carbocycles. The van der Waals surface area contributed by atoms with Crippen molar-refractivity contribution in [1.82, 2.24) is 34.8 Å². The predicted molar refractivity (Wildman–Crippen MR) is 108 cm³/mol. The van der Waals surface area contributed by atoms with Gasteiger partial charge in [-0.15, -0.1) is 5.10 Å². The number of nitrogens with zero attached hydrogens (tertiary/aromatic N) is 9. The molecule has 0 radical (unpaired) electrons. The Bertz CT molecular complexity index is 1010. The Kier molecular flexibility index (Phi) is 4.45. The first-order valence-electron chi connectivity index (χ1n) is 9.98. The monoisotopic (exact) mass is 393 g/mol. The van der Waals surface area contributed by atoms with Gasteiger partial charge >= 0.3 is 0 Å². The standard InChI is InChI=1S/C19H23N9O/c1-2-28-18-16(23-24-28)17(21-13-22-18)27-11-14(12-27)19(29)26-9-7-25(8-10-26)15-5-3-4-6-20-15/h3-6,13-14H,2,7-12H2,1H3. The highest BCUT2D eigenvalue weighted by Gasteiger charge is 2.38. The van der Waals surface area contributed by atoms with Gasteiger partial charge in [0.2, 0.25) is 5.91 Å². The molecule has 2 fully saturated rings. The van der Waals surface area contributed by atoms with Crippen LogP contribution in [0.5, 0.6) is 0 Å². The third-order valence-corrected chi connectivity index (χ3v) is 5.68. The molecule has 0 atom stereocenters. The molecule has 0 N–H and O–H groups in total. The average molecular weight is 393 g/mol. The van der Waals surface area contributed by atoms with Crippen LogP contribution in [0.25, 0.3) is 11.2 Å². The second-order valence-electron chi connectivity index (χ2n) is 7.38. The third-order valence-electron chi connectivity index (χ3n) is 5.68. The summed E-state index contributed by atoms with van der Waals surface area (Å²) in [4.78, 5) is 32.3. The van der Waals surface area contributed by atoms with E-state index in [1.54, 1.807) is 17.2 Å². The normalized spacial score (nSPS) is 17.6. The lowest BCUT2D eigenvalue weighted by atomic mass is 9.98. The molecule has 0 spiro atoms. The summed E-state index contributed by atoms with van der Waals surface area (Å²) in [7, 11) is 0. The van der Waals surface area contributed by atoms with Crippen LogP contribution in [0.4, 0.5) is 11.6 Å². The quantitative estimate of drug-likeness (QED) is 0.629. The Labute approximate surface area is 168 Å². The summed E-state index contributed by atoms with van der Waals surface area (Å²) < 4.78 is 1.75. The number of carbonyl (C=O) groups is 1. The predicted octanol–water partition coefficient (Wildman–Crippen LogP) is 0.421. The van der Waals surface area contributed by atoms with Crippen LogP contribution in [0.15, 0.2) is 30.7 Å². The van der Waals surface area contributed by atoms with Gasteiger partial charge in [-0.25, -0.2) is 19.6 Å². The van der Waals surface area contributed by atoms with Crippen molar-refractivity contribution < 1.29 is 4.79 Å². The summed E-state index contributed by atoms with van der Waals surface area (Å²) in [5.74, 6) is 1.97. The highest BCUT2D eigenvalue weighted by Crippen LogP contribution is 2.28. The van der Waals surface area contributed by atoms with Crippen LogP contribution in [-0.4, -0.2) is 80.0 Å². The van der Waals surface area contributed by atoms with Crippen molar-refractivity contribution >= 4 is 28.7 Å². The van der Waals surface area contributed by atoms with Gasteiger partial charge in [0.15, 0.2) is 17.0 Å². The number of carbonyl (C=O) groups excluding carboxylic acids is 1. The summed E-state index contributed by atoms with van der Waals surface area (Å²) in [6.07, 6.45) is 3.35. The van der Waals surface area contributed by atoms with E-state index in [1.165, 1.54) is 0 Å². The van der Waals surface area contributed by atoms with E-state index >= 15 is 0 Å². The van der Waals surface area contributed by atoms with E-state index in [1.807, 2.05) is 30.0 Å². The van der Waals surface area contributed by atoms with Gasteiger partial charge in [-0.1, -0.05) is 11.3 Å². The number of fused-ring (bicyclic) bond motifs is 1. The Morgan fingerprint density at radius 2 is 1.90 bits per heavy atom. The van der Waals surface area contributed by atoms with Gasteiger partial charge in [-0.2, -0.15) is 0 Å². The molecular formula is C19H23N9O. The number of aromatic nitrogens is 6. The van der Waals surface area contributed by atoms with Crippen LogP contribution in [0, 0.1) is 5.92 Å². The Hall–Kier alpha value is -3.30. The van der Waals surface area contributed by atoms with E-state index in [9.17, 15) is 4.79 Å². The van der Waals surface area contributed by atoms with Gasteiger partial charge in [0.1, 0.15) is 12.1 Å². The second-order valence-corrected chi connectivity index (χ2v) is 7.38. The number of pyridine rings is 1. The molecule has 5 rings (SSSR count). The van der Waals surface area contributed by atoms with Gasteiger partial charge < -0.3 is 14.7 Å². The Balaban J connectivity index is 1.20. The van der Waals surface area contributed by atoms with Crippen LogP contribution in [0.2, 0.25) is 0 Å². The number of rotatable bonds is 4. The molecule has 3 aromatic heterocycles. The summed E-state index contributed by atoms with van der Waals surface area (Å²) in [5, 5.41) is 8.36. The first-order valence-corrected chi connectivity index (χ1v) is 9.98. The lowest BCUT2D eigenvalue weighted by Gasteiger charge is -2.43. The Morgan fingerprint density at radius 3 is 2.62 bits per heavy atom. The van der Waals surface area contributed by atoms with E-state index in [4.69, 9.17) is 0 Å². The van der Waals surface area contributed by atoms with Crippen molar-refractivity contribution in [1.29, 1.82) is 0 Å². The molecule has 0 unspecified atom stereocenters. The van der Waals surface area contributed by atoms with Crippen molar-refractivity contribution in [2.45, 2.75) is 13.5 Å². The first-order chi connectivity index (χ1) is 14.2. The van der Waals surface area contributed by atoms with Crippen LogP contribution in [-0.2, 0) is 11.3 Å². The second kappa shape index (κ2) is 7.26. The van der Waals surface area contributed by atoms with E-state index in [2.05, 4.69) is 35.1 Å². The van der Waals surface area contributed by atoms with Crippen LogP contribution in [0.3, 0.4) is 0 Å². The van der Waals surface area contributed by atoms with E-state index in [-0.39, 0.29) is 11.8 Å². The van der Waals surface area contributed by atoms with E-state index in [0.29, 0.717) is 25.2 Å². The fraction of sp³-hybridized carbons (Fsp3) is 0.474. The first kappa shape index (κ1) is 17.8. The molecule has 1 amide bonds. The topological polar surface area (TPSA) is 96.2 Å². The number of aryl methyl sites for hydroxylation is 1. The molecule has 0 saturated carbocycles. The van der Waals surface area contributed by atoms with Gasteiger partial charge in [0, 0.05) is 52.0 Å². The maximum atomic E-state index is 12.9. The minimum atomic E-state index is 0.00244. The van der Waals surface area contributed by atoms with Crippen molar-refractivity contribution in [3.05, 3.63) is 30.7 Å². The zero-order valence-electron chi connectivity index (χ0n) is 16.3. The average Bonchev–Trinajstić information content (AvgIpc) is 3.17. The van der Waals surface area contributed by atoms with Crippen molar-refractivity contribution in [2.75, 3.05) is 49.1 Å². The highest BCUT2D eigenvalue weighted by atomic mass is 16.2. The maximum absolute atomic E-state index is 12.9. The van der Waals surface area contributed by atoms with Gasteiger partial charge in [0.25, 0.3) is 0 Å². The largest absolute Gasteiger partial charge is 0.353 e. The van der Waals surface area contributed by atoms with Crippen LogP contribution >= 0.6 is 0 Å². The molecule has 150 valence electrons. The molecule has 0 bridgehead atoms. The molecule has 2 aliphatic heterocycles. The fourth-order valence-electron chi connectivity index (χ4n) is 3.99. The van der Waals surface area contributed by atoms with Gasteiger partial charge in [0.05, 0.1) is 5.92 Å². The Morgan fingerprint density at radius 1 is 1.07 bits per heavy atom. The van der Waals surface area contributed by atoms with Crippen molar-refractivity contribution in [3.63, 3.8) is 0 Å². The summed E-state index contributed by atoms with van der Waals surface area (Å²) in [6.45, 7) is 7.11. The minimum absolute atomic E-state index is 0.00244. The summed E-state index contributed by atoms with van der Waals surface area (Å²) in [5.41, 5.74) is 1.43. The molecule has 5 heterocycles. The zero-order chi connectivity index (χ0) is 19.8. The summed E-state index contributed by atoms with van der Waals surface area (Å²) in [6, 6.07) is 5.92. The molecule has 29 heavy (non-hydrogen) atoms. The number of piperazine rings is 1. The van der Waals surface area contributed by atoms with Crippen LogP contribution in [0.1, 0.15) is 6.92 Å². The lowest BCUT2D eigenvalue weighted by Crippen LogP contribution is -2.58. The zero-order valence-corrected chi connectivity index (χ0v) is 16.3. The molecule has 2 saturated heterocycles. The van der Waals surface area contributed by atoms with E-state index in [0.717, 1.165) is 43.5 Å². The molecule has 10 nitrogen and oxygen atoms in total. The SMILES string of the molecule is CCn1nnc2c(N3CC(C(=O)N4CCN(c5ccccn5)CC4)C3)ncnc21. The van der Waals surface area contributed by atoms with E-state index < -0.39 is 0 Å². The number of anilines is 2. The third kappa shape index (κ3) is 3.14. The highest BCUT2D eigenvalue weighted by molar-refractivity contribution is 5.86. The molecule has 3 aromatic rings. The van der Waals surface area contributed by atoms with Gasteiger partial charge in [-0.05, 0) is 19.1 Å². The molecule has 0 aromatic carbocycles. The lowest BCUT2D eigenvalue weighted by molar-refractivity contribution is -0.136.